The first kappa shape index (κ1) is 17.4. The largest absolute Gasteiger partial charge is 0.497 e. The van der Waals surface area contributed by atoms with E-state index in [-0.39, 0.29) is 18.0 Å². The van der Waals surface area contributed by atoms with E-state index in [0.717, 1.165) is 5.69 Å². The van der Waals surface area contributed by atoms with Gasteiger partial charge in [0.25, 0.3) is 0 Å². The molecule has 6 heteroatoms. The number of amides is 1. The number of carbonyl (C=O) groups is 1. The van der Waals surface area contributed by atoms with E-state index in [9.17, 15) is 13.6 Å². The van der Waals surface area contributed by atoms with Crippen LogP contribution in [0.3, 0.4) is 0 Å². The van der Waals surface area contributed by atoms with E-state index in [0.29, 0.717) is 18.8 Å². The molecule has 2 aromatic carbocycles. The summed E-state index contributed by atoms with van der Waals surface area (Å²) in [6.07, 6.45) is 0. The third-order valence-electron chi connectivity index (χ3n) is 4.57. The Kier molecular flexibility index (Phi) is 4.99. The van der Waals surface area contributed by atoms with Gasteiger partial charge in [0.2, 0.25) is 5.91 Å². The second kappa shape index (κ2) is 7.19. The second-order valence-electron chi connectivity index (χ2n) is 6.04. The van der Waals surface area contributed by atoms with Gasteiger partial charge in [-0.05, 0) is 31.2 Å². The summed E-state index contributed by atoms with van der Waals surface area (Å²) in [6.45, 7) is 2.80. The van der Waals surface area contributed by atoms with E-state index < -0.39 is 17.7 Å². The zero-order chi connectivity index (χ0) is 18.0. The van der Waals surface area contributed by atoms with E-state index in [2.05, 4.69) is 0 Å². The van der Waals surface area contributed by atoms with Gasteiger partial charge in [-0.3, -0.25) is 9.69 Å². The molecule has 0 aliphatic carbocycles. The van der Waals surface area contributed by atoms with Crippen molar-refractivity contribution in [3.05, 3.63) is 59.7 Å². The minimum atomic E-state index is -0.588. The maximum Gasteiger partial charge on any atom is 0.244 e. The summed E-state index contributed by atoms with van der Waals surface area (Å²) < 4.78 is 33.0. The maximum absolute atomic E-state index is 13.9. The molecular formula is C19H20F2N2O2. The molecule has 1 fully saturated rings. The lowest BCUT2D eigenvalue weighted by molar-refractivity contribution is -0.125. The predicted octanol–water partition coefficient (Wildman–Crippen LogP) is 3.21. The highest BCUT2D eigenvalue weighted by Gasteiger charge is 2.33. The van der Waals surface area contributed by atoms with Crippen molar-refractivity contribution in [3.63, 3.8) is 0 Å². The summed E-state index contributed by atoms with van der Waals surface area (Å²) in [5.41, 5.74) is 0.755. The summed E-state index contributed by atoms with van der Waals surface area (Å²) in [5.74, 6) is -0.602. The van der Waals surface area contributed by atoms with Crippen LogP contribution in [0.1, 0.15) is 12.5 Å². The summed E-state index contributed by atoms with van der Waals surface area (Å²) in [4.78, 5) is 16.2. The first-order valence-corrected chi connectivity index (χ1v) is 8.13. The van der Waals surface area contributed by atoms with Crippen LogP contribution in [-0.2, 0) is 11.3 Å². The van der Waals surface area contributed by atoms with Gasteiger partial charge >= 0.3 is 0 Å². The first-order chi connectivity index (χ1) is 12.0. The van der Waals surface area contributed by atoms with E-state index in [1.165, 1.54) is 18.2 Å². The quantitative estimate of drug-likeness (QED) is 0.852. The normalized spacial score (nSPS) is 18.5. The standard InChI is InChI=1S/C19H20F2N2O2/c1-13-19(24)23(14-5-3-6-15(11-14)25-2)10-9-22(13)12-16-17(20)7-4-8-18(16)21/h3-8,11,13H,9-10,12H2,1-2H3. The Balaban J connectivity index is 1.77. The highest BCUT2D eigenvalue weighted by Crippen LogP contribution is 2.26. The van der Waals surface area contributed by atoms with Crippen molar-refractivity contribution in [2.45, 2.75) is 19.5 Å². The molecule has 4 nitrogen and oxygen atoms in total. The van der Waals surface area contributed by atoms with E-state index in [1.54, 1.807) is 29.9 Å². The molecule has 0 N–H and O–H groups in total. The average Bonchev–Trinajstić information content (AvgIpc) is 2.62. The van der Waals surface area contributed by atoms with Crippen LogP contribution in [0.15, 0.2) is 42.5 Å². The Morgan fingerprint density at radius 1 is 1.12 bits per heavy atom. The number of methoxy groups -OCH3 is 1. The van der Waals surface area contributed by atoms with Crippen LogP contribution in [0.4, 0.5) is 14.5 Å². The molecule has 0 saturated carbocycles. The summed E-state index contributed by atoms with van der Waals surface area (Å²) in [6, 6.07) is 10.6. The zero-order valence-electron chi connectivity index (χ0n) is 14.2. The maximum atomic E-state index is 13.9. The van der Waals surface area contributed by atoms with Crippen molar-refractivity contribution in [1.29, 1.82) is 0 Å². The van der Waals surface area contributed by atoms with Gasteiger partial charge in [0.15, 0.2) is 0 Å². The molecule has 1 amide bonds. The number of rotatable bonds is 4. The van der Waals surface area contributed by atoms with Crippen molar-refractivity contribution in [3.8, 4) is 5.75 Å². The Morgan fingerprint density at radius 3 is 2.48 bits per heavy atom. The molecule has 1 unspecified atom stereocenters. The molecule has 1 aliphatic rings. The number of ether oxygens (including phenoxy) is 1. The number of piperazine rings is 1. The Labute approximate surface area is 145 Å². The predicted molar refractivity (Wildman–Crippen MR) is 91.6 cm³/mol. The van der Waals surface area contributed by atoms with Gasteiger partial charge in [-0.2, -0.15) is 0 Å². The minimum absolute atomic E-state index is 0.00280. The lowest BCUT2D eigenvalue weighted by Crippen LogP contribution is -2.55. The number of benzene rings is 2. The number of hydrogen-bond donors (Lipinski definition) is 0. The van der Waals surface area contributed by atoms with Crippen LogP contribution in [-0.4, -0.2) is 37.0 Å². The molecule has 132 valence electrons. The molecule has 0 aromatic heterocycles. The van der Waals surface area contributed by atoms with Crippen LogP contribution < -0.4 is 9.64 Å². The van der Waals surface area contributed by atoms with Gasteiger partial charge in [0.1, 0.15) is 17.4 Å². The number of anilines is 1. The first-order valence-electron chi connectivity index (χ1n) is 8.13. The molecular weight excluding hydrogens is 326 g/mol. The fourth-order valence-electron chi connectivity index (χ4n) is 3.05. The van der Waals surface area contributed by atoms with Gasteiger partial charge in [0.05, 0.1) is 13.2 Å². The Morgan fingerprint density at radius 2 is 1.80 bits per heavy atom. The lowest BCUT2D eigenvalue weighted by atomic mass is 10.1. The fourth-order valence-corrected chi connectivity index (χ4v) is 3.05. The third kappa shape index (κ3) is 3.49. The van der Waals surface area contributed by atoms with Crippen LogP contribution >= 0.6 is 0 Å². The van der Waals surface area contributed by atoms with Crippen LogP contribution in [0.2, 0.25) is 0 Å². The van der Waals surface area contributed by atoms with Gasteiger partial charge in [-0.1, -0.05) is 12.1 Å². The molecule has 3 rings (SSSR count). The van der Waals surface area contributed by atoms with Crippen LogP contribution in [0, 0.1) is 11.6 Å². The molecule has 2 aromatic rings. The van der Waals surface area contributed by atoms with Gasteiger partial charge in [-0.25, -0.2) is 8.78 Å². The second-order valence-corrected chi connectivity index (χ2v) is 6.04. The van der Waals surface area contributed by atoms with E-state index >= 15 is 0 Å². The Hall–Kier alpha value is -2.47. The van der Waals surface area contributed by atoms with Crippen molar-refractivity contribution in [1.82, 2.24) is 4.90 Å². The highest BCUT2D eigenvalue weighted by atomic mass is 19.1. The molecule has 0 radical (unpaired) electrons. The summed E-state index contributed by atoms with van der Waals surface area (Å²) in [7, 11) is 1.57. The van der Waals surface area contributed by atoms with Crippen LogP contribution in [0.25, 0.3) is 0 Å². The number of carbonyl (C=O) groups excluding carboxylic acids is 1. The average molecular weight is 346 g/mol. The molecule has 0 spiro atoms. The molecule has 1 aliphatic heterocycles. The smallest absolute Gasteiger partial charge is 0.244 e. The Bertz CT molecular complexity index is 762. The molecule has 1 atom stereocenters. The van der Waals surface area contributed by atoms with E-state index in [1.807, 2.05) is 18.2 Å². The van der Waals surface area contributed by atoms with Gasteiger partial charge in [0, 0.05) is 37.0 Å². The van der Waals surface area contributed by atoms with Crippen molar-refractivity contribution < 1.29 is 18.3 Å². The zero-order valence-corrected chi connectivity index (χ0v) is 14.2. The SMILES string of the molecule is COc1cccc(N2CCN(Cc3c(F)cccc3F)C(C)C2=O)c1. The van der Waals surface area contributed by atoms with Crippen molar-refractivity contribution >= 4 is 11.6 Å². The highest BCUT2D eigenvalue weighted by molar-refractivity contribution is 5.97. The molecule has 25 heavy (non-hydrogen) atoms. The van der Waals surface area contributed by atoms with Crippen LogP contribution in [0.5, 0.6) is 5.75 Å². The molecule has 0 bridgehead atoms. The van der Waals surface area contributed by atoms with Crippen molar-refractivity contribution in [2.24, 2.45) is 0 Å². The molecule has 1 heterocycles. The van der Waals surface area contributed by atoms with Gasteiger partial charge < -0.3 is 9.64 Å². The van der Waals surface area contributed by atoms with E-state index in [4.69, 9.17) is 4.74 Å². The third-order valence-corrected chi connectivity index (χ3v) is 4.57. The van der Waals surface area contributed by atoms with Crippen molar-refractivity contribution in [2.75, 3.05) is 25.1 Å². The summed E-state index contributed by atoms with van der Waals surface area (Å²) >= 11 is 0. The monoisotopic (exact) mass is 346 g/mol. The summed E-state index contributed by atoms with van der Waals surface area (Å²) in [5, 5.41) is 0. The minimum Gasteiger partial charge on any atom is -0.497 e. The number of hydrogen-bond acceptors (Lipinski definition) is 3. The fraction of sp³-hybridized carbons (Fsp3) is 0.316. The number of halogens is 2. The van der Waals surface area contributed by atoms with Gasteiger partial charge in [-0.15, -0.1) is 0 Å². The molecule has 1 saturated heterocycles. The topological polar surface area (TPSA) is 32.8 Å². The number of nitrogens with zero attached hydrogens (tertiary/aromatic N) is 2. The lowest BCUT2D eigenvalue weighted by Gasteiger charge is -2.39.